The number of rotatable bonds is 8. The summed E-state index contributed by atoms with van der Waals surface area (Å²) in [7, 11) is 1.30. The van der Waals surface area contributed by atoms with Crippen molar-refractivity contribution in [3.63, 3.8) is 0 Å². The van der Waals surface area contributed by atoms with Crippen LogP contribution in [-0.4, -0.2) is 69.2 Å². The van der Waals surface area contributed by atoms with Crippen LogP contribution >= 0.6 is 11.6 Å². The number of imidazole rings is 1. The maximum atomic E-state index is 11.8. The minimum atomic E-state index is -0.664. The Kier molecular flexibility index (Phi) is 7.20. The fourth-order valence-corrected chi connectivity index (χ4v) is 4.74. The van der Waals surface area contributed by atoms with Gasteiger partial charge in [0.15, 0.2) is 11.5 Å². The van der Waals surface area contributed by atoms with E-state index in [-0.39, 0.29) is 19.1 Å². The van der Waals surface area contributed by atoms with Crippen molar-refractivity contribution in [2.45, 2.75) is 50.5 Å². The molecule has 1 amide bonds. The Labute approximate surface area is 218 Å². The molecular formula is C23H31ClN10O3. The zero-order chi connectivity index (χ0) is 26.1. The number of hydrogen-bond acceptors (Lipinski definition) is 11. The van der Waals surface area contributed by atoms with E-state index in [1.807, 2.05) is 17.0 Å². The van der Waals surface area contributed by atoms with Gasteiger partial charge < -0.3 is 42.2 Å². The number of carbonyl (C=O) groups is 1. The highest BCUT2D eigenvalue weighted by molar-refractivity contribution is 6.36. The topological polar surface area (TPSA) is 181 Å². The number of amides is 1. The van der Waals surface area contributed by atoms with Crippen LogP contribution in [0.2, 0.25) is 5.02 Å². The third-order valence-electron chi connectivity index (χ3n) is 6.43. The smallest absolute Gasteiger partial charge is 0.407 e. The lowest BCUT2D eigenvalue weighted by Crippen LogP contribution is -2.52. The lowest BCUT2D eigenvalue weighted by Gasteiger charge is -2.38. The number of anilines is 4. The van der Waals surface area contributed by atoms with E-state index in [1.54, 1.807) is 10.7 Å². The highest BCUT2D eigenvalue weighted by atomic mass is 35.5. The number of carbonyl (C=O) groups excluding carboxylic acids is 1. The van der Waals surface area contributed by atoms with E-state index >= 15 is 0 Å². The molecule has 1 aliphatic heterocycles. The van der Waals surface area contributed by atoms with E-state index in [0.29, 0.717) is 59.4 Å². The van der Waals surface area contributed by atoms with Crippen molar-refractivity contribution < 1.29 is 14.6 Å². The molecule has 2 fully saturated rings. The number of nitrogens with zero attached hydrogens (tertiary/aromatic N) is 5. The predicted octanol–water partition coefficient (Wildman–Crippen LogP) is 1.31. The minimum Gasteiger partial charge on any atom is -0.453 e. The standard InChI is InChI=1S/C23H31ClN10O3/c1-37-23(36)29-14-6-16(35)11-33(10-14)18-5-12(7-25)4-17(19(18)24)30-22-31-20(28-13-2-3-13)21-27-9-15(8-26)34(21)32-22/h4-5,9,13-14,16,35H,2-3,6-8,10-11,25-26H2,1H3,(H,29,36)(H2,28,30,31,32)/t14-,16-/m0/s1. The van der Waals surface area contributed by atoms with Crippen molar-refractivity contribution in [1.29, 1.82) is 0 Å². The van der Waals surface area contributed by atoms with Crippen molar-refractivity contribution >= 4 is 46.5 Å². The summed E-state index contributed by atoms with van der Waals surface area (Å²) in [5.74, 6) is 0.927. The fraction of sp³-hybridized carbons (Fsp3) is 0.478. The number of nitrogens with one attached hydrogen (secondary N) is 3. The third kappa shape index (κ3) is 5.49. The Morgan fingerprint density at radius 2 is 2.05 bits per heavy atom. The number of aliphatic hydroxyl groups excluding tert-OH is 1. The number of aromatic nitrogens is 4. The molecule has 0 spiro atoms. The minimum absolute atomic E-state index is 0.270. The molecule has 5 rings (SSSR count). The number of ether oxygens (including phenoxy) is 1. The summed E-state index contributed by atoms with van der Waals surface area (Å²) in [5.41, 5.74) is 15.3. The van der Waals surface area contributed by atoms with Gasteiger partial charge in [0.2, 0.25) is 5.95 Å². The fourth-order valence-electron chi connectivity index (χ4n) is 4.46. The molecule has 37 heavy (non-hydrogen) atoms. The largest absolute Gasteiger partial charge is 0.453 e. The number of methoxy groups -OCH3 is 1. The second-order valence-corrected chi connectivity index (χ2v) is 9.70. The van der Waals surface area contributed by atoms with Gasteiger partial charge in [-0.05, 0) is 37.0 Å². The molecule has 3 aromatic rings. The van der Waals surface area contributed by atoms with Crippen molar-refractivity contribution in [1.82, 2.24) is 24.9 Å². The van der Waals surface area contributed by atoms with Gasteiger partial charge in [-0.15, -0.1) is 5.10 Å². The van der Waals surface area contributed by atoms with E-state index in [4.69, 9.17) is 27.8 Å². The zero-order valence-electron chi connectivity index (χ0n) is 20.4. The number of halogens is 1. The van der Waals surface area contributed by atoms with E-state index < -0.39 is 12.2 Å². The van der Waals surface area contributed by atoms with Gasteiger partial charge >= 0.3 is 6.09 Å². The second kappa shape index (κ2) is 10.5. The molecule has 2 aliphatic rings. The summed E-state index contributed by atoms with van der Waals surface area (Å²) < 4.78 is 6.39. The Balaban J connectivity index is 1.48. The number of piperidine rings is 1. The summed E-state index contributed by atoms with van der Waals surface area (Å²) in [6.07, 6.45) is 3.02. The number of aliphatic hydroxyl groups is 1. The van der Waals surface area contributed by atoms with E-state index in [0.717, 1.165) is 24.1 Å². The Morgan fingerprint density at radius 3 is 2.76 bits per heavy atom. The number of hydrogen-bond donors (Lipinski definition) is 6. The van der Waals surface area contributed by atoms with E-state index in [9.17, 15) is 9.90 Å². The number of alkyl carbamates (subject to hydrolysis) is 1. The third-order valence-corrected chi connectivity index (χ3v) is 6.83. The molecule has 3 heterocycles. The first kappa shape index (κ1) is 25.3. The molecule has 1 saturated carbocycles. The van der Waals surface area contributed by atoms with Crippen LogP contribution in [0.15, 0.2) is 18.3 Å². The summed E-state index contributed by atoms with van der Waals surface area (Å²) >= 11 is 6.89. The van der Waals surface area contributed by atoms with Crippen LogP contribution in [0.3, 0.4) is 0 Å². The summed E-state index contributed by atoms with van der Waals surface area (Å²) in [6, 6.07) is 3.77. The molecule has 1 saturated heterocycles. The quantitative estimate of drug-likeness (QED) is 0.247. The van der Waals surface area contributed by atoms with Crippen molar-refractivity contribution in [3.8, 4) is 0 Å². The van der Waals surface area contributed by atoms with Crippen LogP contribution in [0.4, 0.5) is 27.9 Å². The van der Waals surface area contributed by atoms with Crippen LogP contribution in [0.5, 0.6) is 0 Å². The van der Waals surface area contributed by atoms with E-state index in [1.165, 1.54) is 7.11 Å². The normalized spacial score (nSPS) is 19.6. The molecule has 13 nitrogen and oxygen atoms in total. The molecule has 1 aromatic carbocycles. The molecule has 0 bridgehead atoms. The second-order valence-electron chi connectivity index (χ2n) is 9.32. The predicted molar refractivity (Wildman–Crippen MR) is 140 cm³/mol. The molecule has 2 atom stereocenters. The highest BCUT2D eigenvalue weighted by Crippen LogP contribution is 2.37. The summed E-state index contributed by atoms with van der Waals surface area (Å²) in [6.45, 7) is 1.32. The number of fused-ring (bicyclic) bond motifs is 1. The molecule has 14 heteroatoms. The first-order valence-electron chi connectivity index (χ1n) is 12.2. The lowest BCUT2D eigenvalue weighted by atomic mass is 10.0. The average Bonchev–Trinajstić information content (AvgIpc) is 3.60. The molecule has 0 unspecified atom stereocenters. The Morgan fingerprint density at radius 1 is 1.24 bits per heavy atom. The van der Waals surface area contributed by atoms with Crippen LogP contribution in [0, 0.1) is 0 Å². The van der Waals surface area contributed by atoms with Crippen molar-refractivity contribution in [2.24, 2.45) is 11.5 Å². The average molecular weight is 531 g/mol. The van der Waals surface area contributed by atoms with Gasteiger partial charge in [-0.1, -0.05) is 11.6 Å². The summed E-state index contributed by atoms with van der Waals surface area (Å²) in [4.78, 5) is 22.8. The van der Waals surface area contributed by atoms with Gasteiger partial charge in [-0.2, -0.15) is 4.98 Å². The molecule has 2 aromatic heterocycles. The van der Waals surface area contributed by atoms with Gasteiger partial charge in [-0.25, -0.2) is 14.3 Å². The molecule has 0 radical (unpaired) electrons. The van der Waals surface area contributed by atoms with Gasteiger partial charge in [0.25, 0.3) is 0 Å². The molecule has 8 N–H and O–H groups in total. The number of benzene rings is 1. The van der Waals surface area contributed by atoms with Crippen LogP contribution in [0.25, 0.3) is 5.65 Å². The zero-order valence-corrected chi connectivity index (χ0v) is 21.2. The first-order valence-corrected chi connectivity index (χ1v) is 12.5. The maximum Gasteiger partial charge on any atom is 0.407 e. The summed E-state index contributed by atoms with van der Waals surface area (Å²) in [5, 5.41) is 24.9. The monoisotopic (exact) mass is 530 g/mol. The van der Waals surface area contributed by atoms with Crippen molar-refractivity contribution in [2.75, 3.05) is 35.7 Å². The Hall–Kier alpha value is -3.39. The van der Waals surface area contributed by atoms with Gasteiger partial charge in [0, 0.05) is 32.2 Å². The van der Waals surface area contributed by atoms with Crippen molar-refractivity contribution in [3.05, 3.63) is 34.6 Å². The Bertz CT molecular complexity index is 1300. The maximum absolute atomic E-state index is 11.8. The van der Waals surface area contributed by atoms with Gasteiger partial charge in [0.1, 0.15) is 0 Å². The molecular weight excluding hydrogens is 500 g/mol. The van der Waals surface area contributed by atoms with Crippen LogP contribution in [0.1, 0.15) is 30.5 Å². The number of nitrogens with two attached hydrogens (primary N) is 2. The molecule has 198 valence electrons. The van der Waals surface area contributed by atoms with Crippen LogP contribution < -0.4 is 32.3 Å². The molecule has 1 aliphatic carbocycles. The lowest BCUT2D eigenvalue weighted by molar-refractivity contribution is 0.127. The van der Waals surface area contributed by atoms with Crippen LogP contribution in [-0.2, 0) is 17.8 Å². The highest BCUT2D eigenvalue weighted by Gasteiger charge is 2.30. The SMILES string of the molecule is COC(=O)N[C@H]1C[C@H](O)CN(c2cc(CN)cc(Nc3nc(NC4CC4)c4ncc(CN)n4n3)c2Cl)C1. The van der Waals surface area contributed by atoms with E-state index in [2.05, 4.69) is 31.0 Å². The number of β-amino-alcohol motifs (C(OH)–C–C–N with tert-alkyl or cyclic N) is 1. The van der Waals surface area contributed by atoms with Gasteiger partial charge in [0.05, 0.1) is 47.5 Å². The first-order chi connectivity index (χ1) is 17.9. The van der Waals surface area contributed by atoms with Gasteiger partial charge in [-0.3, -0.25) is 0 Å².